The molecular weight excluding hydrogens is 295 g/mol. The highest BCUT2D eigenvalue weighted by Gasteiger charge is 2.26. The van der Waals surface area contributed by atoms with Gasteiger partial charge >= 0.3 is 0 Å². The number of halogens is 1. The summed E-state index contributed by atoms with van der Waals surface area (Å²) in [4.78, 5) is 18.4. The number of likely N-dealkylation sites (tertiary alicyclic amines) is 1. The molecule has 4 nitrogen and oxygen atoms in total. The van der Waals surface area contributed by atoms with Crippen LogP contribution in [-0.4, -0.2) is 28.9 Å². The van der Waals surface area contributed by atoms with Gasteiger partial charge < -0.3 is 9.32 Å². The molecule has 0 aliphatic carbocycles. The minimum atomic E-state index is -0.203. The van der Waals surface area contributed by atoms with Crippen LogP contribution in [-0.2, 0) is 6.42 Å². The van der Waals surface area contributed by atoms with Crippen LogP contribution in [0.1, 0.15) is 41.1 Å². The number of amides is 1. The van der Waals surface area contributed by atoms with Crippen molar-refractivity contribution in [3.63, 3.8) is 0 Å². The van der Waals surface area contributed by atoms with Crippen LogP contribution in [0.3, 0.4) is 0 Å². The van der Waals surface area contributed by atoms with E-state index < -0.39 is 0 Å². The number of hydrogen-bond acceptors (Lipinski definition) is 3. The summed E-state index contributed by atoms with van der Waals surface area (Å²) in [6.45, 7) is 3.29. The zero-order chi connectivity index (χ0) is 16.2. The fourth-order valence-corrected chi connectivity index (χ4v) is 3.17. The molecule has 1 aliphatic rings. The summed E-state index contributed by atoms with van der Waals surface area (Å²) in [5.41, 5.74) is 1.56. The van der Waals surface area contributed by atoms with E-state index in [-0.39, 0.29) is 11.7 Å². The lowest BCUT2D eigenvalue weighted by Gasteiger charge is -2.32. The lowest BCUT2D eigenvalue weighted by molar-refractivity contribution is 0.0661. The molecule has 122 valence electrons. The molecule has 0 bridgehead atoms. The Balaban J connectivity index is 1.57. The van der Waals surface area contributed by atoms with Crippen LogP contribution in [0.5, 0.6) is 0 Å². The standard InChI is InChI=1S/C18H21FN2O2/c1-13-17(20-12-23-13)18(22)21-10-2-3-15(11-21)5-4-14-6-8-16(19)9-7-14/h6-9,12,15H,2-5,10-11H2,1H3/t15-/m1/s1. The molecule has 0 radical (unpaired) electrons. The second-order valence-electron chi connectivity index (χ2n) is 6.18. The first-order chi connectivity index (χ1) is 11.1. The van der Waals surface area contributed by atoms with Gasteiger partial charge in [-0.1, -0.05) is 12.1 Å². The third-order valence-electron chi connectivity index (χ3n) is 4.51. The third-order valence-corrected chi connectivity index (χ3v) is 4.51. The summed E-state index contributed by atoms with van der Waals surface area (Å²) in [6, 6.07) is 6.67. The van der Waals surface area contributed by atoms with Crippen LogP contribution in [0.15, 0.2) is 35.1 Å². The average molecular weight is 316 g/mol. The van der Waals surface area contributed by atoms with E-state index in [0.29, 0.717) is 17.4 Å². The number of oxazole rings is 1. The Labute approximate surface area is 135 Å². The number of hydrogen-bond donors (Lipinski definition) is 0. The van der Waals surface area contributed by atoms with Crippen LogP contribution in [0.25, 0.3) is 0 Å². The predicted molar refractivity (Wildman–Crippen MR) is 84.6 cm³/mol. The number of aryl methyl sites for hydroxylation is 2. The quantitative estimate of drug-likeness (QED) is 0.865. The number of piperidine rings is 1. The monoisotopic (exact) mass is 316 g/mol. The van der Waals surface area contributed by atoms with E-state index in [4.69, 9.17) is 4.42 Å². The molecule has 0 saturated carbocycles. The maximum Gasteiger partial charge on any atom is 0.276 e. The van der Waals surface area contributed by atoms with Crippen molar-refractivity contribution >= 4 is 5.91 Å². The molecule has 1 fully saturated rings. The highest BCUT2D eigenvalue weighted by atomic mass is 19.1. The highest BCUT2D eigenvalue weighted by Crippen LogP contribution is 2.23. The first-order valence-corrected chi connectivity index (χ1v) is 8.07. The minimum Gasteiger partial charge on any atom is -0.448 e. The highest BCUT2D eigenvalue weighted by molar-refractivity contribution is 5.93. The van der Waals surface area contributed by atoms with Crippen LogP contribution in [0, 0.1) is 18.7 Å². The van der Waals surface area contributed by atoms with Crippen molar-refractivity contribution in [3.05, 3.63) is 53.5 Å². The molecule has 0 N–H and O–H groups in total. The van der Waals surface area contributed by atoms with Gasteiger partial charge in [0.15, 0.2) is 12.1 Å². The van der Waals surface area contributed by atoms with Gasteiger partial charge in [0.1, 0.15) is 11.6 Å². The number of aromatic nitrogens is 1. The Morgan fingerprint density at radius 3 is 2.87 bits per heavy atom. The number of rotatable bonds is 4. The van der Waals surface area contributed by atoms with E-state index in [1.54, 1.807) is 6.92 Å². The van der Waals surface area contributed by atoms with Gasteiger partial charge in [0.2, 0.25) is 0 Å². The van der Waals surface area contributed by atoms with Crippen molar-refractivity contribution in [2.45, 2.75) is 32.6 Å². The maximum absolute atomic E-state index is 12.9. The van der Waals surface area contributed by atoms with Gasteiger partial charge in [0, 0.05) is 13.1 Å². The lowest BCUT2D eigenvalue weighted by Crippen LogP contribution is -2.40. The topological polar surface area (TPSA) is 46.3 Å². The SMILES string of the molecule is Cc1ocnc1C(=O)N1CCC[C@H](CCc2ccc(F)cc2)C1. The van der Waals surface area contributed by atoms with Crippen LogP contribution >= 0.6 is 0 Å². The fraction of sp³-hybridized carbons (Fsp3) is 0.444. The van der Waals surface area contributed by atoms with Crippen LogP contribution in [0.2, 0.25) is 0 Å². The van der Waals surface area contributed by atoms with Gasteiger partial charge in [-0.05, 0) is 56.2 Å². The molecule has 1 aromatic carbocycles. The molecular formula is C18H21FN2O2. The molecule has 1 atom stereocenters. The van der Waals surface area contributed by atoms with E-state index in [0.717, 1.165) is 44.3 Å². The molecule has 1 saturated heterocycles. The second kappa shape index (κ2) is 6.94. The Hall–Kier alpha value is -2.17. The average Bonchev–Trinajstić information content (AvgIpc) is 3.00. The summed E-state index contributed by atoms with van der Waals surface area (Å²) in [5.74, 6) is 0.808. The first-order valence-electron chi connectivity index (χ1n) is 8.07. The van der Waals surface area contributed by atoms with Crippen LogP contribution in [0.4, 0.5) is 4.39 Å². The van der Waals surface area contributed by atoms with Gasteiger partial charge in [-0.25, -0.2) is 9.37 Å². The Bertz CT molecular complexity index is 666. The summed E-state index contributed by atoms with van der Waals surface area (Å²) in [7, 11) is 0. The smallest absolute Gasteiger partial charge is 0.276 e. The summed E-state index contributed by atoms with van der Waals surface area (Å²) < 4.78 is 18.1. The molecule has 0 unspecified atom stereocenters. The maximum atomic E-state index is 12.9. The van der Waals surface area contributed by atoms with Gasteiger partial charge in [0.25, 0.3) is 5.91 Å². The zero-order valence-corrected chi connectivity index (χ0v) is 13.3. The van der Waals surface area contributed by atoms with E-state index in [9.17, 15) is 9.18 Å². The van der Waals surface area contributed by atoms with Crippen molar-refractivity contribution in [1.82, 2.24) is 9.88 Å². The molecule has 1 amide bonds. The summed E-state index contributed by atoms with van der Waals surface area (Å²) in [5, 5.41) is 0. The number of carbonyl (C=O) groups excluding carboxylic acids is 1. The normalized spacial score (nSPS) is 18.2. The zero-order valence-electron chi connectivity index (χ0n) is 13.3. The summed E-state index contributed by atoms with van der Waals surface area (Å²) >= 11 is 0. The van der Waals surface area contributed by atoms with Gasteiger partial charge in [-0.3, -0.25) is 4.79 Å². The second-order valence-corrected chi connectivity index (χ2v) is 6.18. The van der Waals surface area contributed by atoms with Gasteiger partial charge in [-0.2, -0.15) is 0 Å². The van der Waals surface area contributed by atoms with E-state index in [1.165, 1.54) is 18.5 Å². The Kier molecular flexibility index (Phi) is 4.74. The molecule has 3 rings (SSSR count). The van der Waals surface area contributed by atoms with Gasteiger partial charge in [0.05, 0.1) is 0 Å². The van der Waals surface area contributed by atoms with Crippen molar-refractivity contribution in [1.29, 1.82) is 0 Å². The largest absolute Gasteiger partial charge is 0.448 e. The van der Waals surface area contributed by atoms with E-state index in [1.807, 2.05) is 17.0 Å². The molecule has 2 heterocycles. The van der Waals surface area contributed by atoms with E-state index in [2.05, 4.69) is 4.98 Å². The van der Waals surface area contributed by atoms with Crippen molar-refractivity contribution in [2.75, 3.05) is 13.1 Å². The lowest BCUT2D eigenvalue weighted by atomic mass is 9.91. The summed E-state index contributed by atoms with van der Waals surface area (Å²) in [6.07, 6.45) is 5.38. The molecule has 23 heavy (non-hydrogen) atoms. The predicted octanol–water partition coefficient (Wildman–Crippen LogP) is 3.61. The Morgan fingerprint density at radius 2 is 2.17 bits per heavy atom. The number of nitrogens with zero attached hydrogens (tertiary/aromatic N) is 2. The van der Waals surface area contributed by atoms with Crippen molar-refractivity contribution in [3.8, 4) is 0 Å². The van der Waals surface area contributed by atoms with Crippen molar-refractivity contribution < 1.29 is 13.6 Å². The number of benzene rings is 1. The van der Waals surface area contributed by atoms with Crippen molar-refractivity contribution in [2.24, 2.45) is 5.92 Å². The molecule has 1 aromatic heterocycles. The fourth-order valence-electron chi connectivity index (χ4n) is 3.17. The molecule has 0 spiro atoms. The number of carbonyl (C=O) groups is 1. The van der Waals surface area contributed by atoms with Gasteiger partial charge in [-0.15, -0.1) is 0 Å². The molecule has 1 aliphatic heterocycles. The van der Waals surface area contributed by atoms with Crippen LogP contribution < -0.4 is 0 Å². The minimum absolute atomic E-state index is 0.0391. The molecule has 2 aromatic rings. The third kappa shape index (κ3) is 3.78. The van der Waals surface area contributed by atoms with E-state index >= 15 is 0 Å². The Morgan fingerprint density at radius 1 is 1.39 bits per heavy atom. The molecule has 5 heteroatoms. The first kappa shape index (κ1) is 15.7.